The molecular weight excluding hydrogens is 602 g/mol. The normalized spacial score (nSPS) is 12.2. The third-order valence-corrected chi connectivity index (χ3v) is 8.36. The van der Waals surface area contributed by atoms with E-state index < -0.39 is 28.5 Å². The van der Waals surface area contributed by atoms with E-state index in [0.29, 0.717) is 10.7 Å². The third-order valence-electron chi connectivity index (χ3n) is 6.08. The van der Waals surface area contributed by atoms with Gasteiger partial charge in [-0.05, 0) is 67.8 Å². The van der Waals surface area contributed by atoms with Crippen LogP contribution in [0.4, 0.5) is 5.69 Å². The Hall–Kier alpha value is -2.88. The maximum Gasteiger partial charge on any atom is 0.244 e. The van der Waals surface area contributed by atoms with Gasteiger partial charge in [-0.1, -0.05) is 70.0 Å². The van der Waals surface area contributed by atoms with Crippen molar-refractivity contribution in [2.75, 3.05) is 17.1 Å². The van der Waals surface area contributed by atoms with Crippen LogP contribution in [-0.4, -0.2) is 50.0 Å². The summed E-state index contributed by atoms with van der Waals surface area (Å²) in [5.41, 5.74) is 2.82. The van der Waals surface area contributed by atoms with Crippen LogP contribution in [0.1, 0.15) is 30.5 Å². The van der Waals surface area contributed by atoms with Crippen molar-refractivity contribution in [3.8, 4) is 0 Å². The lowest BCUT2D eigenvalue weighted by Crippen LogP contribution is -2.54. The molecule has 1 atom stereocenters. The molecule has 208 valence electrons. The van der Waals surface area contributed by atoms with Crippen molar-refractivity contribution in [1.29, 1.82) is 0 Å². The van der Waals surface area contributed by atoms with Crippen LogP contribution in [-0.2, 0) is 32.6 Å². The first kappa shape index (κ1) is 30.7. The molecule has 0 radical (unpaired) electrons. The van der Waals surface area contributed by atoms with Gasteiger partial charge < -0.3 is 10.2 Å². The number of hydrogen-bond donors (Lipinski definition) is 1. The van der Waals surface area contributed by atoms with Crippen molar-refractivity contribution in [3.63, 3.8) is 0 Å². The average molecular weight is 635 g/mol. The first-order valence-corrected chi connectivity index (χ1v) is 15.5. The Balaban J connectivity index is 2.06. The number of carbonyl (C=O) groups excluding carboxylic acids is 2. The predicted octanol–water partition coefficient (Wildman–Crippen LogP) is 5.34. The van der Waals surface area contributed by atoms with Gasteiger partial charge in [0, 0.05) is 28.5 Å². The van der Waals surface area contributed by atoms with Gasteiger partial charge in [-0.15, -0.1) is 0 Å². The lowest BCUT2D eigenvalue weighted by molar-refractivity contribution is -0.140. The van der Waals surface area contributed by atoms with Gasteiger partial charge in [-0.3, -0.25) is 13.9 Å². The molecule has 0 heterocycles. The van der Waals surface area contributed by atoms with E-state index in [1.807, 2.05) is 51.1 Å². The van der Waals surface area contributed by atoms with Crippen molar-refractivity contribution < 1.29 is 18.0 Å². The van der Waals surface area contributed by atoms with E-state index in [4.69, 9.17) is 11.6 Å². The molecule has 2 amide bonds. The van der Waals surface area contributed by atoms with E-state index in [-0.39, 0.29) is 24.9 Å². The Morgan fingerprint density at radius 3 is 2.18 bits per heavy atom. The van der Waals surface area contributed by atoms with Gasteiger partial charge >= 0.3 is 0 Å². The van der Waals surface area contributed by atoms with E-state index in [1.54, 1.807) is 42.5 Å². The number of carbonyl (C=O) groups is 2. The van der Waals surface area contributed by atoms with Crippen LogP contribution in [0, 0.1) is 6.92 Å². The van der Waals surface area contributed by atoms with Gasteiger partial charge in [0.1, 0.15) is 12.6 Å². The number of hydrogen-bond acceptors (Lipinski definition) is 4. The summed E-state index contributed by atoms with van der Waals surface area (Å²) in [4.78, 5) is 29.0. The number of aryl methyl sites for hydroxylation is 1. The standard InChI is InChI=1S/C29H33BrClN3O4S/c1-20(2)32-29(36)27(17-22-8-6-5-7-9-22)33(18-23-10-12-24(31)13-11-23)28(35)19-34(39(4,37)38)25-14-15-26(30)21(3)16-25/h5-16,20,27H,17-19H2,1-4H3,(H,32,36)/t27-/m0/s1. The molecule has 0 bridgehead atoms. The van der Waals surface area contributed by atoms with Crippen LogP contribution in [0.5, 0.6) is 0 Å². The highest BCUT2D eigenvalue weighted by molar-refractivity contribution is 9.10. The fraction of sp³-hybridized carbons (Fsp3) is 0.310. The second-order valence-corrected chi connectivity index (χ2v) is 12.9. The van der Waals surface area contributed by atoms with Crippen LogP contribution >= 0.6 is 27.5 Å². The zero-order valence-corrected chi connectivity index (χ0v) is 25.6. The van der Waals surface area contributed by atoms with Crippen LogP contribution in [0.25, 0.3) is 0 Å². The number of anilines is 1. The lowest BCUT2D eigenvalue weighted by atomic mass is 10.0. The third kappa shape index (κ3) is 8.81. The van der Waals surface area contributed by atoms with E-state index in [9.17, 15) is 18.0 Å². The minimum absolute atomic E-state index is 0.0932. The first-order chi connectivity index (χ1) is 18.3. The smallest absolute Gasteiger partial charge is 0.244 e. The highest BCUT2D eigenvalue weighted by Gasteiger charge is 2.33. The summed E-state index contributed by atoms with van der Waals surface area (Å²) in [7, 11) is -3.83. The van der Waals surface area contributed by atoms with E-state index >= 15 is 0 Å². The van der Waals surface area contributed by atoms with Crippen LogP contribution in [0.15, 0.2) is 77.3 Å². The number of nitrogens with one attached hydrogen (secondary N) is 1. The maximum absolute atomic E-state index is 14.0. The monoisotopic (exact) mass is 633 g/mol. The number of amides is 2. The van der Waals surface area contributed by atoms with Gasteiger partial charge in [0.25, 0.3) is 0 Å². The lowest BCUT2D eigenvalue weighted by Gasteiger charge is -2.34. The summed E-state index contributed by atoms with van der Waals surface area (Å²) in [6.07, 6.45) is 1.32. The molecule has 39 heavy (non-hydrogen) atoms. The molecule has 3 aromatic rings. The molecule has 0 aromatic heterocycles. The van der Waals surface area contributed by atoms with Gasteiger partial charge in [-0.2, -0.15) is 0 Å². The zero-order valence-electron chi connectivity index (χ0n) is 22.4. The Labute approximate surface area is 244 Å². The summed E-state index contributed by atoms with van der Waals surface area (Å²) < 4.78 is 27.6. The number of rotatable bonds is 11. The molecule has 0 spiro atoms. The fourth-order valence-electron chi connectivity index (χ4n) is 4.12. The summed E-state index contributed by atoms with van der Waals surface area (Å²) in [6, 6.07) is 20.5. The predicted molar refractivity (Wildman–Crippen MR) is 160 cm³/mol. The summed E-state index contributed by atoms with van der Waals surface area (Å²) in [6.45, 7) is 5.17. The average Bonchev–Trinajstić information content (AvgIpc) is 2.87. The Bertz CT molecular complexity index is 1400. The van der Waals surface area contributed by atoms with Crippen LogP contribution in [0.2, 0.25) is 5.02 Å². The van der Waals surface area contributed by atoms with Gasteiger partial charge in [0.05, 0.1) is 11.9 Å². The molecular formula is C29H33BrClN3O4S. The Kier molecular flexibility index (Phi) is 10.6. The van der Waals surface area contributed by atoms with Gasteiger partial charge in [-0.25, -0.2) is 8.42 Å². The van der Waals surface area contributed by atoms with Crippen molar-refractivity contribution in [2.45, 2.75) is 45.8 Å². The maximum atomic E-state index is 14.0. The number of sulfonamides is 1. The first-order valence-electron chi connectivity index (χ1n) is 12.5. The molecule has 3 aromatic carbocycles. The van der Waals surface area contributed by atoms with E-state index in [1.165, 1.54) is 4.90 Å². The molecule has 7 nitrogen and oxygen atoms in total. The molecule has 0 aliphatic rings. The van der Waals surface area contributed by atoms with Crippen LogP contribution in [0.3, 0.4) is 0 Å². The Morgan fingerprint density at radius 1 is 0.974 bits per heavy atom. The molecule has 3 rings (SSSR count). The summed E-state index contributed by atoms with van der Waals surface area (Å²) >= 11 is 9.51. The van der Waals surface area contributed by atoms with E-state index in [0.717, 1.165) is 31.7 Å². The van der Waals surface area contributed by atoms with Gasteiger partial charge in [0.15, 0.2) is 0 Å². The van der Waals surface area contributed by atoms with Crippen molar-refractivity contribution in [1.82, 2.24) is 10.2 Å². The summed E-state index contributed by atoms with van der Waals surface area (Å²) in [5, 5.41) is 3.48. The molecule has 0 fully saturated rings. The van der Waals surface area contributed by atoms with Crippen molar-refractivity contribution >= 4 is 55.1 Å². The largest absolute Gasteiger partial charge is 0.352 e. The quantitative estimate of drug-likeness (QED) is 0.309. The second kappa shape index (κ2) is 13.5. The zero-order chi connectivity index (χ0) is 28.7. The molecule has 0 unspecified atom stereocenters. The van der Waals surface area contributed by atoms with Crippen molar-refractivity contribution in [2.24, 2.45) is 0 Å². The summed E-state index contributed by atoms with van der Waals surface area (Å²) in [5.74, 6) is -0.822. The minimum atomic E-state index is -3.83. The van der Waals surface area contributed by atoms with Gasteiger partial charge in [0.2, 0.25) is 21.8 Å². The van der Waals surface area contributed by atoms with E-state index in [2.05, 4.69) is 21.2 Å². The molecule has 0 aliphatic carbocycles. The second-order valence-electron chi connectivity index (χ2n) is 9.72. The number of nitrogens with zero attached hydrogens (tertiary/aromatic N) is 2. The van der Waals surface area contributed by atoms with Crippen molar-refractivity contribution in [3.05, 3.63) is 99.0 Å². The molecule has 0 aliphatic heterocycles. The molecule has 10 heteroatoms. The highest BCUT2D eigenvalue weighted by atomic mass is 79.9. The molecule has 0 saturated carbocycles. The topological polar surface area (TPSA) is 86.8 Å². The Morgan fingerprint density at radius 2 is 1.62 bits per heavy atom. The SMILES string of the molecule is Cc1cc(N(CC(=O)N(Cc2ccc(Cl)cc2)[C@@H](Cc2ccccc2)C(=O)NC(C)C)S(C)(=O)=O)ccc1Br. The molecule has 1 N–H and O–H groups in total. The fourth-order valence-corrected chi connectivity index (χ4v) is 5.33. The number of benzene rings is 3. The molecule has 0 saturated heterocycles. The number of halogens is 2. The van der Waals surface area contributed by atoms with Crippen LogP contribution < -0.4 is 9.62 Å². The minimum Gasteiger partial charge on any atom is -0.352 e. The highest BCUT2D eigenvalue weighted by Crippen LogP contribution is 2.25.